The van der Waals surface area contributed by atoms with Gasteiger partial charge >= 0.3 is 0 Å². The van der Waals surface area contributed by atoms with Crippen molar-refractivity contribution < 1.29 is 28.5 Å². The fraction of sp³-hybridized carbons (Fsp3) is 0.240. The van der Waals surface area contributed by atoms with Gasteiger partial charge in [0.1, 0.15) is 35.5 Å². The van der Waals surface area contributed by atoms with E-state index in [-0.39, 0.29) is 12.2 Å². The van der Waals surface area contributed by atoms with Gasteiger partial charge in [-0.3, -0.25) is 4.79 Å². The first-order chi connectivity index (χ1) is 15.1. The lowest BCUT2D eigenvalue weighted by Crippen LogP contribution is -2.21. The lowest BCUT2D eigenvalue weighted by atomic mass is 9.95. The Kier molecular flexibility index (Phi) is 5.98. The molecule has 1 aliphatic heterocycles. The molecule has 1 unspecified atom stereocenters. The summed E-state index contributed by atoms with van der Waals surface area (Å²) in [4.78, 5) is 13.0. The third-order valence-electron chi connectivity index (χ3n) is 5.21. The van der Waals surface area contributed by atoms with E-state index in [1.54, 1.807) is 32.4 Å². The number of hydrogen-bond acceptors (Lipinski definition) is 6. The van der Waals surface area contributed by atoms with Crippen molar-refractivity contribution in [2.24, 2.45) is 0 Å². The van der Waals surface area contributed by atoms with E-state index in [1.165, 1.54) is 7.11 Å². The molecule has 1 heterocycles. The summed E-state index contributed by atoms with van der Waals surface area (Å²) in [6.07, 6.45) is -0.253. The fourth-order valence-corrected chi connectivity index (χ4v) is 3.62. The summed E-state index contributed by atoms with van der Waals surface area (Å²) in [5.41, 5.74) is 2.30. The summed E-state index contributed by atoms with van der Waals surface area (Å²) in [6, 6.07) is 18.8. The minimum absolute atomic E-state index is 0.0486. The molecule has 1 aliphatic rings. The Bertz CT molecular complexity index is 1080. The summed E-state index contributed by atoms with van der Waals surface area (Å²) < 4.78 is 28.3. The first kappa shape index (κ1) is 20.6. The molecule has 0 aliphatic carbocycles. The Labute approximate surface area is 181 Å². The molecule has 4 rings (SSSR count). The highest BCUT2D eigenvalue weighted by molar-refractivity contribution is 6.02. The van der Waals surface area contributed by atoms with Gasteiger partial charge in [-0.25, -0.2) is 0 Å². The molecule has 3 aromatic carbocycles. The summed E-state index contributed by atoms with van der Waals surface area (Å²) in [6.45, 7) is 0.399. The number of benzene rings is 3. The van der Waals surface area contributed by atoms with Crippen LogP contribution in [0.5, 0.6) is 28.7 Å². The minimum Gasteiger partial charge on any atom is -0.496 e. The lowest BCUT2D eigenvalue weighted by molar-refractivity contribution is 0.0843. The predicted molar refractivity (Wildman–Crippen MR) is 116 cm³/mol. The van der Waals surface area contributed by atoms with E-state index in [4.69, 9.17) is 23.7 Å². The van der Waals surface area contributed by atoms with Crippen molar-refractivity contribution in [3.8, 4) is 28.7 Å². The Hall–Kier alpha value is -3.67. The highest BCUT2D eigenvalue weighted by Crippen LogP contribution is 2.43. The van der Waals surface area contributed by atoms with E-state index in [1.807, 2.05) is 42.5 Å². The molecule has 6 nitrogen and oxygen atoms in total. The van der Waals surface area contributed by atoms with Crippen LogP contribution in [0.3, 0.4) is 0 Å². The molecule has 160 valence electrons. The molecular formula is C25H24O6. The van der Waals surface area contributed by atoms with Crippen LogP contribution in [0.1, 0.15) is 34.0 Å². The van der Waals surface area contributed by atoms with Gasteiger partial charge in [-0.1, -0.05) is 36.4 Å². The van der Waals surface area contributed by atoms with E-state index >= 15 is 0 Å². The second-order valence-corrected chi connectivity index (χ2v) is 7.12. The van der Waals surface area contributed by atoms with Crippen LogP contribution in [0.2, 0.25) is 0 Å². The van der Waals surface area contributed by atoms with Crippen molar-refractivity contribution in [3.05, 3.63) is 77.4 Å². The molecule has 6 heteroatoms. The van der Waals surface area contributed by atoms with Gasteiger partial charge < -0.3 is 23.7 Å². The topological polar surface area (TPSA) is 63.2 Å². The van der Waals surface area contributed by atoms with Crippen LogP contribution in [0.4, 0.5) is 0 Å². The maximum absolute atomic E-state index is 13.0. The molecule has 0 N–H and O–H groups in total. The van der Waals surface area contributed by atoms with E-state index in [0.717, 1.165) is 11.1 Å². The van der Waals surface area contributed by atoms with Crippen LogP contribution < -0.4 is 23.7 Å². The molecule has 31 heavy (non-hydrogen) atoms. The highest BCUT2D eigenvalue weighted by atomic mass is 16.5. The van der Waals surface area contributed by atoms with Crippen molar-refractivity contribution in [1.29, 1.82) is 0 Å². The maximum atomic E-state index is 13.0. The number of hydrogen-bond donors (Lipinski definition) is 0. The average Bonchev–Trinajstić information content (AvgIpc) is 2.82. The van der Waals surface area contributed by atoms with Gasteiger partial charge in [0.15, 0.2) is 17.3 Å². The van der Waals surface area contributed by atoms with E-state index in [9.17, 15) is 4.79 Å². The number of rotatable bonds is 7. The average molecular weight is 420 g/mol. The van der Waals surface area contributed by atoms with Crippen molar-refractivity contribution in [2.75, 3.05) is 21.3 Å². The smallest absolute Gasteiger partial charge is 0.174 e. The molecule has 1 atom stereocenters. The maximum Gasteiger partial charge on any atom is 0.174 e. The Morgan fingerprint density at radius 1 is 0.871 bits per heavy atom. The largest absolute Gasteiger partial charge is 0.496 e. The molecule has 0 radical (unpaired) electrons. The second kappa shape index (κ2) is 9.00. The van der Waals surface area contributed by atoms with E-state index in [2.05, 4.69) is 0 Å². The van der Waals surface area contributed by atoms with Crippen molar-refractivity contribution in [2.45, 2.75) is 19.1 Å². The number of ketones is 1. The molecule has 0 aromatic heterocycles. The van der Waals surface area contributed by atoms with Crippen LogP contribution in [-0.2, 0) is 6.61 Å². The second-order valence-electron chi connectivity index (χ2n) is 7.12. The lowest BCUT2D eigenvalue weighted by Gasteiger charge is -2.27. The van der Waals surface area contributed by atoms with Crippen LogP contribution in [-0.4, -0.2) is 27.1 Å². The molecule has 3 aromatic rings. The Morgan fingerprint density at radius 2 is 1.61 bits per heavy atom. The van der Waals surface area contributed by atoms with Crippen LogP contribution in [0, 0.1) is 0 Å². The standard InChI is InChI=1S/C25H24O6/c1-27-20-10-9-17(11-22(20)28-2)21-14-19(26)25-23(29-3)12-18(13-24(25)31-21)30-15-16-7-5-4-6-8-16/h4-13,21H,14-15H2,1-3H3. The summed E-state index contributed by atoms with van der Waals surface area (Å²) in [5, 5.41) is 0. The quantitative estimate of drug-likeness (QED) is 0.536. The third kappa shape index (κ3) is 4.28. The number of carbonyl (C=O) groups excluding carboxylic acids is 1. The SMILES string of the molecule is COc1ccc(C2CC(=O)c3c(OC)cc(OCc4ccccc4)cc3O2)cc1OC. The number of methoxy groups -OCH3 is 3. The monoisotopic (exact) mass is 420 g/mol. The molecule has 0 spiro atoms. The first-order valence-corrected chi connectivity index (χ1v) is 9.93. The molecule has 0 saturated carbocycles. The third-order valence-corrected chi connectivity index (χ3v) is 5.21. The highest BCUT2D eigenvalue weighted by Gasteiger charge is 2.32. The number of ether oxygens (including phenoxy) is 5. The van der Waals surface area contributed by atoms with Gasteiger partial charge in [0.2, 0.25) is 0 Å². The molecule has 0 saturated heterocycles. The van der Waals surface area contributed by atoms with Gasteiger partial charge in [0.25, 0.3) is 0 Å². The zero-order valence-corrected chi connectivity index (χ0v) is 17.7. The Balaban J connectivity index is 1.63. The molecule has 0 fully saturated rings. The Morgan fingerprint density at radius 3 is 2.32 bits per heavy atom. The van der Waals surface area contributed by atoms with Crippen LogP contribution in [0.25, 0.3) is 0 Å². The molecular weight excluding hydrogens is 396 g/mol. The van der Waals surface area contributed by atoms with E-state index < -0.39 is 6.10 Å². The first-order valence-electron chi connectivity index (χ1n) is 9.93. The summed E-state index contributed by atoms with van der Waals surface area (Å²) in [5.74, 6) is 2.61. The van der Waals surface area contributed by atoms with Crippen molar-refractivity contribution >= 4 is 5.78 Å². The van der Waals surface area contributed by atoms with Gasteiger partial charge in [0.05, 0.1) is 27.8 Å². The van der Waals surface area contributed by atoms with E-state index in [0.29, 0.717) is 40.9 Å². The van der Waals surface area contributed by atoms with Gasteiger partial charge in [-0.2, -0.15) is 0 Å². The fourth-order valence-electron chi connectivity index (χ4n) is 3.62. The minimum atomic E-state index is -0.450. The predicted octanol–water partition coefficient (Wildman–Crippen LogP) is 5.00. The summed E-state index contributed by atoms with van der Waals surface area (Å²) >= 11 is 0. The van der Waals surface area contributed by atoms with Crippen molar-refractivity contribution in [1.82, 2.24) is 0 Å². The zero-order valence-electron chi connectivity index (χ0n) is 17.7. The molecule has 0 amide bonds. The van der Waals surface area contributed by atoms with Crippen molar-refractivity contribution in [3.63, 3.8) is 0 Å². The normalized spacial score (nSPS) is 14.9. The summed E-state index contributed by atoms with van der Waals surface area (Å²) in [7, 11) is 4.69. The van der Waals surface area contributed by atoms with Crippen LogP contribution in [0.15, 0.2) is 60.7 Å². The number of fused-ring (bicyclic) bond motifs is 1. The number of carbonyl (C=O) groups is 1. The van der Waals surface area contributed by atoms with Gasteiger partial charge in [-0.15, -0.1) is 0 Å². The zero-order chi connectivity index (χ0) is 21.8. The van der Waals surface area contributed by atoms with Gasteiger partial charge in [0, 0.05) is 12.1 Å². The number of Topliss-reactive ketones (excluding diaryl/α,β-unsaturated/α-hetero) is 1. The molecule has 0 bridgehead atoms. The van der Waals surface area contributed by atoms with Crippen LogP contribution >= 0.6 is 0 Å². The van der Waals surface area contributed by atoms with Gasteiger partial charge in [-0.05, 0) is 23.3 Å².